The molecule has 7 aliphatic rings. The van der Waals surface area contributed by atoms with Gasteiger partial charge in [-0.2, -0.15) is 5.10 Å². The number of amides is 4. The standard InChI is InChI=1S/C98H128N18O19/c1-58-16-12-11-13-17-59(2)78(129-8)46-73-23-19-64(7)98(128,135-73)87(121)92(123)115-29-15-14-18-74(115)94(126)133-79(47-76(117)60(3)41-63(6)85(120)86(131-10)84(119)62(5)40-58)61(4)42-65-21-24-77(80(44-65)130-9)134-97(127)106-50-67-48-102-96(103-49-67)113-35-36-114(75(56-113)93(124)125)81(118)27-38-132-39-37-110-31-33-111(34-32-110)95-104-52-72(53-105-95)91(122)112-30-26-68-43-66(20-22-70(68)55-112)54-116-90-82(88(99)107-57-108-90)83(109-116)71-45-69-25-28-100-89(69)101-51-71/h11-13,16-17,20,22,25,28,41,43,45,48-49,51-53,57-58,60-62,64-65,73-75,77-80,85-86,120,128H,14-15,18-19,21,23-24,26-27,29-40,42,44,46-47,50,54-56H2,1-10H3,(H,100,101)(H,106,127)(H,124,125)(H2,99,107,108)/b13-11+,16-12+,59-17+,63-41+/t58-,60-,61-,62-,64-,65+,73+,74+,75-,77-,78+,79+,80-,85-,86+,98-/m1/s1. The van der Waals surface area contributed by atoms with Crippen molar-refractivity contribution in [3.8, 4) is 11.3 Å². The Morgan fingerprint density at radius 3 is 2.27 bits per heavy atom. The molecule has 1 aromatic carbocycles. The summed E-state index contributed by atoms with van der Waals surface area (Å²) >= 11 is 0. The number of rotatable bonds is 22. The number of nitrogens with two attached hydrogens (primary N) is 1. The Hall–Kier alpha value is -11.7. The number of piperazine rings is 2. The summed E-state index contributed by atoms with van der Waals surface area (Å²) in [7, 11) is 4.44. The number of carboxylic acids is 1. The van der Waals surface area contributed by atoms with E-state index in [1.54, 1.807) is 64.4 Å². The third-order valence-corrected chi connectivity index (χ3v) is 27.8. The number of nitrogen functional groups attached to an aromatic ring is 1. The molecule has 4 amide bonds. The molecule has 0 radical (unpaired) electrons. The van der Waals surface area contributed by atoms with Crippen molar-refractivity contribution in [3.63, 3.8) is 0 Å². The monoisotopic (exact) mass is 1860 g/mol. The van der Waals surface area contributed by atoms with Crippen LogP contribution in [0.3, 0.4) is 0 Å². The molecule has 4 saturated heterocycles. The summed E-state index contributed by atoms with van der Waals surface area (Å²) < 4.78 is 43.9. The number of nitrogens with one attached hydrogen (secondary N) is 2. The van der Waals surface area contributed by atoms with E-state index in [0.717, 1.165) is 43.8 Å². The first-order valence-electron chi connectivity index (χ1n) is 47.2. The van der Waals surface area contributed by atoms with Crippen molar-refractivity contribution < 1.29 is 91.6 Å². The van der Waals surface area contributed by atoms with E-state index in [9.17, 15) is 58.5 Å². The highest BCUT2D eigenvalue weighted by atomic mass is 16.6. The number of methoxy groups -OCH3 is 3. The van der Waals surface area contributed by atoms with Crippen molar-refractivity contribution in [1.29, 1.82) is 0 Å². The zero-order chi connectivity index (χ0) is 95.9. The number of allylic oxidation sites excluding steroid dienone is 6. The molecular weight excluding hydrogens is 1730 g/mol. The topological polar surface area (TPSA) is 460 Å². The summed E-state index contributed by atoms with van der Waals surface area (Å²) in [6.45, 7) is 18.0. The van der Waals surface area contributed by atoms with Crippen LogP contribution < -0.4 is 20.9 Å². The number of alkyl carbamates (subject to hydrolysis) is 1. The number of cyclic esters (lactones) is 1. The van der Waals surface area contributed by atoms with E-state index >= 15 is 0 Å². The zero-order valence-corrected chi connectivity index (χ0v) is 78.7. The second-order valence-electron chi connectivity index (χ2n) is 37.2. The Kier molecular flexibility index (Phi) is 33.3. The van der Waals surface area contributed by atoms with Gasteiger partial charge in [-0.05, 0) is 142 Å². The second kappa shape index (κ2) is 45.3. The number of carbonyl (C=O) groups is 9. The van der Waals surface area contributed by atoms with E-state index in [0.29, 0.717) is 168 Å². The van der Waals surface area contributed by atoms with Crippen molar-refractivity contribution in [3.05, 3.63) is 149 Å². The Balaban J connectivity index is 0.512. The lowest BCUT2D eigenvalue weighted by molar-refractivity contribution is -0.265. The first-order chi connectivity index (χ1) is 64.9. The van der Waals surface area contributed by atoms with E-state index in [4.69, 9.17) is 44.0 Å². The predicted molar refractivity (Wildman–Crippen MR) is 499 cm³/mol. The molecule has 0 unspecified atom stereocenters. The van der Waals surface area contributed by atoms with Crippen LogP contribution >= 0.6 is 0 Å². The number of H-pyrrole nitrogens is 1. The highest BCUT2D eigenvalue weighted by Gasteiger charge is 2.54. The van der Waals surface area contributed by atoms with Crippen LogP contribution in [0.4, 0.5) is 22.5 Å². The SMILES string of the molecule is CO[C@H]1C[C@@H]2CC[C@@H](C)[C@@](O)(O2)C(=O)C(=O)N2CCCC[C@H]2C(=O)O[C@H]([C@H](C)C[C@@H]2CC[C@@H](OC(=O)NCc3cnc(N4CCN(C(=O)CCOCCN5CCN(c6ncc(C(=O)N7CCc8cc(Cn9nc(-c%10cnc%11[nH]ccc%11c%10)c%10c(N)ncnc%109)ccc8C7)cn6)CC5)[C@@H](C(=O)O)C4)nc3)[C@H](OC)C2)CC(=O)[C@H](C)/C=C(\C)[C@@H](O)[C@@H](OC)C(=O)[C@H](C)C[C@H](C)/C=C/C=C/C=C/1C. The fourth-order valence-corrected chi connectivity index (χ4v) is 19.7. The number of aromatic amines is 1. The molecule has 37 nitrogen and oxygen atoms in total. The summed E-state index contributed by atoms with van der Waals surface area (Å²) in [5, 5.41) is 43.6. The lowest BCUT2D eigenvalue weighted by atomic mass is 9.78. The largest absolute Gasteiger partial charge is 0.480 e. The molecule has 0 spiro atoms. The highest BCUT2D eigenvalue weighted by molar-refractivity contribution is 6.39. The van der Waals surface area contributed by atoms with E-state index in [-0.39, 0.29) is 106 Å². The van der Waals surface area contributed by atoms with E-state index in [2.05, 4.69) is 73.2 Å². The number of hydrogen-bond acceptors (Lipinski definition) is 30. The summed E-state index contributed by atoms with van der Waals surface area (Å²) in [6.07, 6.45) is 20.4. The van der Waals surface area contributed by atoms with Crippen LogP contribution in [0, 0.1) is 35.5 Å². The van der Waals surface area contributed by atoms with Crippen molar-refractivity contribution in [2.45, 2.75) is 219 Å². The van der Waals surface area contributed by atoms with Gasteiger partial charge in [-0.15, -0.1) is 0 Å². The van der Waals surface area contributed by atoms with Crippen LogP contribution in [0.25, 0.3) is 33.3 Å². The maximum atomic E-state index is 14.9. The smallest absolute Gasteiger partial charge is 0.407 e. The molecule has 37 heteroatoms. The van der Waals surface area contributed by atoms with E-state index in [1.165, 1.54) is 37.8 Å². The van der Waals surface area contributed by atoms with Gasteiger partial charge < -0.3 is 89.0 Å². The first-order valence-corrected chi connectivity index (χ1v) is 47.2. The minimum absolute atomic E-state index is 0.0136. The number of ketones is 3. The number of nitrogens with zero attached hydrogens (tertiary/aromatic N) is 15. The number of fused-ring (bicyclic) bond motifs is 6. The van der Waals surface area contributed by atoms with Gasteiger partial charge in [-0.1, -0.05) is 89.3 Å². The molecule has 2 bridgehead atoms. The average molecular weight is 1860 g/mol. The molecule has 5 fully saturated rings. The third-order valence-electron chi connectivity index (χ3n) is 27.8. The van der Waals surface area contributed by atoms with E-state index in [1.807, 2.05) is 79.1 Å². The van der Waals surface area contributed by atoms with Crippen molar-refractivity contribution >= 4 is 92.9 Å². The van der Waals surface area contributed by atoms with Crippen LogP contribution in [0.2, 0.25) is 0 Å². The molecule has 724 valence electrons. The van der Waals surface area contributed by atoms with Gasteiger partial charge in [-0.25, -0.2) is 54.0 Å². The van der Waals surface area contributed by atoms with Gasteiger partial charge in [-0.3, -0.25) is 33.7 Å². The Labute approximate surface area is 785 Å². The normalized spacial score (nSPS) is 28.1. The molecule has 14 rings (SSSR count). The van der Waals surface area contributed by atoms with Crippen molar-refractivity contribution in [2.24, 2.45) is 35.5 Å². The molecule has 6 aliphatic heterocycles. The Morgan fingerprint density at radius 1 is 0.756 bits per heavy atom. The van der Waals surface area contributed by atoms with Crippen molar-refractivity contribution in [1.82, 2.24) is 74.6 Å². The fraction of sp³-hybridized carbons (Fsp3) is 0.561. The number of pyridine rings is 1. The number of Topliss-reactive ketones (excluding diaryl/α,β-unsaturated/α-hetero) is 3. The minimum Gasteiger partial charge on any atom is -0.480 e. The number of aliphatic hydroxyl groups excluding tert-OH is 1. The van der Waals surface area contributed by atoms with Gasteiger partial charge in [0.05, 0.1) is 62.0 Å². The first kappa shape index (κ1) is 99.3. The number of aliphatic hydroxyl groups is 2. The van der Waals surface area contributed by atoms with Crippen LogP contribution in [-0.4, -0.2) is 298 Å². The number of piperidine rings is 1. The lowest BCUT2D eigenvalue weighted by Gasteiger charge is -2.42. The minimum atomic E-state index is -2.51. The number of hydrogen-bond donors (Lipinski definition) is 6. The number of carboxylic acid groups (broad SMARTS) is 1. The number of aliphatic carboxylic acids is 1. The zero-order valence-electron chi connectivity index (χ0n) is 78.7. The van der Waals surface area contributed by atoms with Gasteiger partial charge >= 0.3 is 18.0 Å². The van der Waals surface area contributed by atoms with Gasteiger partial charge in [0, 0.05) is 178 Å². The number of carbonyl (C=O) groups excluding carboxylic acids is 8. The quantitative estimate of drug-likeness (QED) is 0.0160. The fourth-order valence-electron chi connectivity index (χ4n) is 19.7. The molecule has 1 aliphatic carbocycles. The van der Waals surface area contributed by atoms with E-state index < -0.39 is 114 Å². The van der Waals surface area contributed by atoms with Crippen molar-refractivity contribution in [2.75, 3.05) is 116 Å². The Bertz CT molecular complexity index is 5500. The summed E-state index contributed by atoms with van der Waals surface area (Å²) in [5.41, 5.74) is 14.6. The van der Waals surface area contributed by atoms with Gasteiger partial charge in [0.25, 0.3) is 17.6 Å². The molecular formula is C98H128N18O19. The third kappa shape index (κ3) is 24.0. The second-order valence-corrected chi connectivity index (χ2v) is 37.2. The van der Waals surface area contributed by atoms with Gasteiger partial charge in [0.1, 0.15) is 65.8 Å². The predicted octanol–water partition coefficient (Wildman–Crippen LogP) is 8.54. The lowest BCUT2D eigenvalue weighted by Crippen LogP contribution is -2.61. The molecule has 16 atom stereocenters. The number of ether oxygens (including phenoxy) is 7. The van der Waals surface area contributed by atoms with Crippen LogP contribution in [0.5, 0.6) is 0 Å². The number of esters is 1. The van der Waals surface area contributed by atoms with Crippen LogP contribution in [0.1, 0.15) is 165 Å². The molecule has 135 heavy (non-hydrogen) atoms. The molecule has 7 N–H and O–H groups in total. The molecule has 12 heterocycles. The molecule has 6 aromatic heterocycles. The maximum Gasteiger partial charge on any atom is 0.407 e. The highest BCUT2D eigenvalue weighted by Crippen LogP contribution is 2.40. The summed E-state index contributed by atoms with van der Waals surface area (Å²) in [4.78, 5) is 172. The average Bonchev–Trinajstić information content (AvgIpc) is 1.69. The van der Waals surface area contributed by atoms with Gasteiger partial charge in [0.15, 0.2) is 11.4 Å². The van der Waals surface area contributed by atoms with Gasteiger partial charge in [0.2, 0.25) is 23.6 Å². The van der Waals surface area contributed by atoms with Crippen LogP contribution in [0.15, 0.2) is 121 Å². The van der Waals surface area contributed by atoms with Crippen LogP contribution in [-0.2, 0) is 92.8 Å². The maximum absolute atomic E-state index is 14.9. The Morgan fingerprint density at radius 2 is 1.52 bits per heavy atom. The number of benzene rings is 1. The molecule has 1 saturated carbocycles. The number of aromatic nitrogens is 10. The summed E-state index contributed by atoms with van der Waals surface area (Å²) in [6, 6.07) is 7.83. The molecule has 7 aromatic rings. The summed E-state index contributed by atoms with van der Waals surface area (Å²) in [5.74, 6) is -9.54. The number of anilines is 3.